The maximum absolute atomic E-state index is 12.8. The minimum absolute atomic E-state index is 0.0228. The summed E-state index contributed by atoms with van der Waals surface area (Å²) in [6, 6.07) is 19.2. The molecule has 5 rings (SSSR count). The van der Waals surface area contributed by atoms with Crippen molar-refractivity contribution >= 4 is 37.3 Å². The monoisotopic (exact) mass is 431 g/mol. The molecule has 0 spiro atoms. The number of rotatable bonds is 4. The number of phenols is 2. The van der Waals surface area contributed by atoms with E-state index in [0.29, 0.717) is 21.9 Å². The van der Waals surface area contributed by atoms with Crippen molar-refractivity contribution < 1.29 is 18.6 Å². The summed E-state index contributed by atoms with van der Waals surface area (Å²) in [7, 11) is -3.96. The lowest BCUT2D eigenvalue weighted by Gasteiger charge is -2.16. The van der Waals surface area contributed by atoms with Crippen LogP contribution in [-0.4, -0.2) is 28.6 Å². The molecule has 0 fully saturated rings. The molecule has 4 N–H and O–H groups in total. The number of benzene rings is 4. The van der Waals surface area contributed by atoms with Crippen LogP contribution in [0.5, 0.6) is 11.5 Å². The first-order valence-electron chi connectivity index (χ1n) is 9.43. The molecule has 0 atom stereocenters. The molecule has 7 nitrogen and oxygen atoms in total. The number of phenolic OH excluding ortho intramolecular Hbond substituents is 2. The van der Waals surface area contributed by atoms with E-state index in [1.165, 1.54) is 18.6 Å². The molecule has 0 aliphatic rings. The van der Waals surface area contributed by atoms with Crippen molar-refractivity contribution in [1.29, 1.82) is 0 Å². The average Bonchev–Trinajstić information content (AvgIpc) is 3.32. The Morgan fingerprint density at radius 1 is 0.871 bits per heavy atom. The molecule has 0 amide bonds. The molecule has 31 heavy (non-hydrogen) atoms. The molecular weight excluding hydrogens is 414 g/mol. The molecule has 0 radical (unpaired) electrons. The maximum atomic E-state index is 12.8. The van der Waals surface area contributed by atoms with Crippen molar-refractivity contribution in [2.45, 2.75) is 5.03 Å². The van der Waals surface area contributed by atoms with Gasteiger partial charge in [-0.05, 0) is 22.9 Å². The molecule has 1 heterocycles. The summed E-state index contributed by atoms with van der Waals surface area (Å²) in [5.41, 5.74) is 0.994. The van der Waals surface area contributed by atoms with Gasteiger partial charge in [0, 0.05) is 28.1 Å². The number of aromatic amines is 1. The van der Waals surface area contributed by atoms with Gasteiger partial charge in [0.05, 0.1) is 12.0 Å². The molecule has 0 aliphatic heterocycles. The average molecular weight is 431 g/mol. The summed E-state index contributed by atoms with van der Waals surface area (Å²) in [6.07, 6.45) is 2.56. The highest BCUT2D eigenvalue weighted by Crippen LogP contribution is 2.46. The minimum atomic E-state index is -3.96. The van der Waals surface area contributed by atoms with Crippen molar-refractivity contribution in [2.24, 2.45) is 0 Å². The van der Waals surface area contributed by atoms with Crippen molar-refractivity contribution in [3.63, 3.8) is 0 Å². The summed E-state index contributed by atoms with van der Waals surface area (Å²) >= 11 is 0. The first kappa shape index (κ1) is 19.0. The molecule has 0 bridgehead atoms. The number of nitrogens with zero attached hydrogens (tertiary/aromatic N) is 1. The Morgan fingerprint density at radius 3 is 2.32 bits per heavy atom. The second-order valence-corrected chi connectivity index (χ2v) is 8.69. The lowest BCUT2D eigenvalue weighted by Crippen LogP contribution is -2.13. The lowest BCUT2D eigenvalue weighted by atomic mass is 9.93. The number of sulfonamides is 1. The van der Waals surface area contributed by atoms with Crippen molar-refractivity contribution in [1.82, 2.24) is 9.97 Å². The van der Waals surface area contributed by atoms with Crippen LogP contribution in [0.4, 0.5) is 5.69 Å². The summed E-state index contributed by atoms with van der Waals surface area (Å²) in [5.74, 6) is -0.0737. The third-order valence-electron chi connectivity index (χ3n) is 5.19. The second-order valence-electron chi connectivity index (χ2n) is 7.06. The number of H-pyrrole nitrogens is 1. The predicted octanol–water partition coefficient (Wildman–Crippen LogP) is 4.60. The summed E-state index contributed by atoms with van der Waals surface area (Å²) in [6.45, 7) is 0. The van der Waals surface area contributed by atoms with Gasteiger partial charge in [0.25, 0.3) is 10.0 Å². The zero-order chi connectivity index (χ0) is 21.6. The fourth-order valence-electron chi connectivity index (χ4n) is 3.77. The van der Waals surface area contributed by atoms with E-state index in [0.717, 1.165) is 10.8 Å². The highest BCUT2D eigenvalue weighted by atomic mass is 32.2. The fourth-order valence-corrected chi connectivity index (χ4v) is 4.75. The lowest BCUT2D eigenvalue weighted by molar-refractivity contribution is 0.472. The third-order valence-corrected chi connectivity index (χ3v) is 6.45. The van der Waals surface area contributed by atoms with E-state index in [2.05, 4.69) is 14.7 Å². The first-order valence-corrected chi connectivity index (χ1v) is 10.9. The molecule has 5 aromatic rings. The van der Waals surface area contributed by atoms with E-state index in [1.54, 1.807) is 36.4 Å². The van der Waals surface area contributed by atoms with Gasteiger partial charge in [0.2, 0.25) is 0 Å². The molecule has 0 saturated carbocycles. The largest absolute Gasteiger partial charge is 0.507 e. The highest BCUT2D eigenvalue weighted by molar-refractivity contribution is 7.92. The van der Waals surface area contributed by atoms with Gasteiger partial charge in [0.1, 0.15) is 11.5 Å². The molecule has 8 heteroatoms. The van der Waals surface area contributed by atoms with Gasteiger partial charge < -0.3 is 15.2 Å². The Kier molecular flexibility index (Phi) is 4.30. The number of imidazole rings is 1. The van der Waals surface area contributed by atoms with E-state index in [1.807, 2.05) is 24.3 Å². The number of hydrogen-bond donors (Lipinski definition) is 4. The molecule has 154 valence electrons. The first-order chi connectivity index (χ1) is 15.0. The van der Waals surface area contributed by atoms with Gasteiger partial charge in [0.15, 0.2) is 5.03 Å². The van der Waals surface area contributed by atoms with Gasteiger partial charge >= 0.3 is 0 Å². The normalized spacial score (nSPS) is 11.7. The van der Waals surface area contributed by atoms with Crippen LogP contribution in [0.2, 0.25) is 0 Å². The van der Waals surface area contributed by atoms with E-state index < -0.39 is 10.0 Å². The van der Waals surface area contributed by atoms with E-state index in [4.69, 9.17) is 0 Å². The van der Waals surface area contributed by atoms with Crippen LogP contribution in [0.25, 0.3) is 32.7 Å². The third kappa shape index (κ3) is 3.13. The Morgan fingerprint density at radius 2 is 1.58 bits per heavy atom. The van der Waals surface area contributed by atoms with Crippen LogP contribution in [0.1, 0.15) is 0 Å². The molecule has 0 aliphatic carbocycles. The van der Waals surface area contributed by atoms with Crippen LogP contribution in [-0.2, 0) is 10.0 Å². The predicted molar refractivity (Wildman–Crippen MR) is 120 cm³/mol. The van der Waals surface area contributed by atoms with E-state index in [-0.39, 0.29) is 22.2 Å². The van der Waals surface area contributed by atoms with Crippen molar-refractivity contribution in [3.05, 3.63) is 79.3 Å². The number of aromatic hydroxyl groups is 2. The molecule has 4 aromatic carbocycles. The highest BCUT2D eigenvalue weighted by Gasteiger charge is 2.22. The second kappa shape index (κ2) is 7.03. The van der Waals surface area contributed by atoms with Gasteiger partial charge in [-0.1, -0.05) is 54.6 Å². The SMILES string of the molecule is O=S(=O)(Nc1cc(-c2c(O)ccc3ccccc23)c(O)c2ccccc12)c1c[nH]cn1. The number of nitrogens with one attached hydrogen (secondary N) is 2. The van der Waals surface area contributed by atoms with Gasteiger partial charge in [-0.2, -0.15) is 8.42 Å². The zero-order valence-electron chi connectivity index (χ0n) is 16.1. The van der Waals surface area contributed by atoms with Crippen LogP contribution in [0.3, 0.4) is 0 Å². The quantitative estimate of drug-likeness (QED) is 0.311. The van der Waals surface area contributed by atoms with Crippen LogP contribution >= 0.6 is 0 Å². The van der Waals surface area contributed by atoms with Gasteiger partial charge in [-0.3, -0.25) is 4.72 Å². The molecular formula is C23H17N3O4S. The van der Waals surface area contributed by atoms with Crippen molar-refractivity contribution in [2.75, 3.05) is 4.72 Å². The van der Waals surface area contributed by atoms with E-state index in [9.17, 15) is 18.6 Å². The topological polar surface area (TPSA) is 115 Å². The maximum Gasteiger partial charge on any atom is 0.280 e. The Bertz CT molecular complexity index is 1540. The number of aromatic nitrogens is 2. The Hall–Kier alpha value is -4.04. The van der Waals surface area contributed by atoms with Gasteiger partial charge in [-0.25, -0.2) is 4.98 Å². The van der Waals surface area contributed by atoms with Crippen LogP contribution in [0.15, 0.2) is 84.3 Å². The number of fused-ring (bicyclic) bond motifs is 2. The fraction of sp³-hybridized carbons (Fsp3) is 0. The van der Waals surface area contributed by atoms with Gasteiger partial charge in [-0.15, -0.1) is 0 Å². The van der Waals surface area contributed by atoms with E-state index >= 15 is 0 Å². The molecule has 1 aromatic heterocycles. The van der Waals surface area contributed by atoms with Crippen LogP contribution in [0, 0.1) is 0 Å². The zero-order valence-corrected chi connectivity index (χ0v) is 16.9. The molecule has 0 saturated heterocycles. The minimum Gasteiger partial charge on any atom is -0.507 e. The standard InChI is InChI=1S/C23H17N3O4S/c27-20-10-9-14-5-1-2-6-15(14)22(20)18-11-19(16-7-3-4-8-17(16)23(18)28)26-31(29,30)21-12-24-13-25-21/h1-13,26-28H,(H,24,25). The number of hydrogen-bond acceptors (Lipinski definition) is 5. The molecule has 0 unspecified atom stereocenters. The Labute approximate surface area is 177 Å². The number of anilines is 1. The smallest absolute Gasteiger partial charge is 0.280 e. The summed E-state index contributed by atoms with van der Waals surface area (Å²) in [4.78, 5) is 6.45. The Balaban J connectivity index is 1.81. The van der Waals surface area contributed by atoms with Crippen LogP contribution < -0.4 is 4.72 Å². The van der Waals surface area contributed by atoms with Crippen molar-refractivity contribution in [3.8, 4) is 22.6 Å². The summed E-state index contributed by atoms with van der Waals surface area (Å²) in [5, 5.41) is 24.2. The summed E-state index contributed by atoms with van der Waals surface area (Å²) < 4.78 is 28.2.